The molecule has 1 aliphatic rings. The quantitative estimate of drug-likeness (QED) is 0.926. The van der Waals surface area contributed by atoms with Crippen molar-refractivity contribution >= 4 is 15.7 Å². The van der Waals surface area contributed by atoms with Crippen LogP contribution in [-0.2, 0) is 10.0 Å². The van der Waals surface area contributed by atoms with Gasteiger partial charge in [0, 0.05) is 31.5 Å². The highest BCUT2D eigenvalue weighted by Crippen LogP contribution is 2.30. The van der Waals surface area contributed by atoms with E-state index in [1.807, 2.05) is 13.8 Å². The minimum absolute atomic E-state index is 0.0471. The van der Waals surface area contributed by atoms with Crippen LogP contribution in [0.4, 0.5) is 5.69 Å². The summed E-state index contributed by atoms with van der Waals surface area (Å²) in [5.74, 6) is 0.403. The number of sulfonamides is 1. The van der Waals surface area contributed by atoms with E-state index in [4.69, 9.17) is 0 Å². The van der Waals surface area contributed by atoms with Gasteiger partial charge in [0.2, 0.25) is 10.0 Å². The van der Waals surface area contributed by atoms with Crippen LogP contribution < -0.4 is 5.32 Å². The number of rotatable bonds is 4. The smallest absolute Gasteiger partial charge is 0.246 e. The van der Waals surface area contributed by atoms with Gasteiger partial charge in [-0.1, -0.05) is 6.92 Å². The van der Waals surface area contributed by atoms with Gasteiger partial charge in [-0.2, -0.15) is 4.31 Å². The Balaban J connectivity index is 2.39. The van der Waals surface area contributed by atoms with E-state index in [1.54, 1.807) is 16.6 Å². The van der Waals surface area contributed by atoms with Crippen molar-refractivity contribution in [3.8, 4) is 0 Å². The van der Waals surface area contributed by atoms with Crippen molar-refractivity contribution in [1.82, 2.24) is 9.29 Å². The monoisotopic (exact) mass is 297 g/mol. The normalized spacial score (nSPS) is 24.6. The first-order valence-electron chi connectivity index (χ1n) is 7.16. The Morgan fingerprint density at radius 1 is 1.40 bits per heavy atom. The molecule has 1 fully saturated rings. The van der Waals surface area contributed by atoms with Crippen LogP contribution in [0.15, 0.2) is 23.4 Å². The highest BCUT2D eigenvalue weighted by atomic mass is 32.2. The van der Waals surface area contributed by atoms with E-state index in [2.05, 4.69) is 17.2 Å². The van der Waals surface area contributed by atoms with Crippen LogP contribution in [0.5, 0.6) is 0 Å². The third-order valence-corrected chi connectivity index (χ3v) is 5.81. The first-order valence-corrected chi connectivity index (χ1v) is 8.60. The van der Waals surface area contributed by atoms with Gasteiger partial charge in [-0.05, 0) is 38.7 Å². The SMILES string of the molecule is CCNc1ccncc1S(=O)(=O)N1CC(C)CCC1C. The van der Waals surface area contributed by atoms with E-state index < -0.39 is 10.0 Å². The fraction of sp³-hybridized carbons (Fsp3) is 0.643. The molecule has 0 amide bonds. The number of piperidine rings is 1. The summed E-state index contributed by atoms with van der Waals surface area (Å²) in [6.07, 6.45) is 5.05. The van der Waals surface area contributed by atoms with Gasteiger partial charge in [-0.25, -0.2) is 8.42 Å². The zero-order valence-corrected chi connectivity index (χ0v) is 13.2. The number of pyridine rings is 1. The number of aromatic nitrogens is 1. The molecular weight excluding hydrogens is 274 g/mol. The van der Waals surface area contributed by atoms with Crippen molar-refractivity contribution in [2.45, 2.75) is 44.6 Å². The molecule has 0 bridgehead atoms. The van der Waals surface area contributed by atoms with Gasteiger partial charge in [0.15, 0.2) is 0 Å². The van der Waals surface area contributed by atoms with Crippen molar-refractivity contribution in [3.05, 3.63) is 18.5 Å². The Morgan fingerprint density at radius 3 is 2.85 bits per heavy atom. The third kappa shape index (κ3) is 2.96. The van der Waals surface area contributed by atoms with Gasteiger partial charge < -0.3 is 5.32 Å². The second-order valence-corrected chi connectivity index (χ2v) is 7.37. The zero-order chi connectivity index (χ0) is 14.8. The summed E-state index contributed by atoms with van der Waals surface area (Å²) in [4.78, 5) is 4.27. The molecule has 6 heteroatoms. The van der Waals surface area contributed by atoms with Gasteiger partial charge in [0.25, 0.3) is 0 Å². The Hall–Kier alpha value is -1.14. The second kappa shape index (κ2) is 6.10. The van der Waals surface area contributed by atoms with Crippen LogP contribution in [-0.4, -0.2) is 36.8 Å². The van der Waals surface area contributed by atoms with Crippen LogP contribution in [0.25, 0.3) is 0 Å². The lowest BCUT2D eigenvalue weighted by Gasteiger charge is -2.35. The molecule has 5 nitrogen and oxygen atoms in total. The van der Waals surface area contributed by atoms with E-state index >= 15 is 0 Å². The van der Waals surface area contributed by atoms with Crippen LogP contribution in [0.2, 0.25) is 0 Å². The molecule has 2 atom stereocenters. The van der Waals surface area contributed by atoms with Gasteiger partial charge in [0.1, 0.15) is 4.90 Å². The molecule has 0 aliphatic carbocycles. The summed E-state index contributed by atoms with van der Waals surface area (Å²) in [5, 5.41) is 3.10. The van der Waals surface area contributed by atoms with Gasteiger partial charge in [0.05, 0.1) is 5.69 Å². The number of anilines is 1. The molecule has 1 aromatic heterocycles. The Bertz CT molecular complexity index is 559. The van der Waals surface area contributed by atoms with Crippen LogP contribution in [0, 0.1) is 5.92 Å². The molecular formula is C14H23N3O2S. The summed E-state index contributed by atoms with van der Waals surface area (Å²) in [6.45, 7) is 7.29. The Labute approximate surface area is 121 Å². The molecule has 20 heavy (non-hydrogen) atoms. The summed E-state index contributed by atoms with van der Waals surface area (Å²) >= 11 is 0. The maximum absolute atomic E-state index is 12.9. The van der Waals surface area contributed by atoms with Gasteiger partial charge >= 0.3 is 0 Å². The molecule has 0 aromatic carbocycles. The largest absolute Gasteiger partial charge is 0.384 e. The molecule has 2 unspecified atom stereocenters. The molecule has 112 valence electrons. The summed E-state index contributed by atoms with van der Waals surface area (Å²) < 4.78 is 27.4. The Morgan fingerprint density at radius 2 is 2.15 bits per heavy atom. The summed E-state index contributed by atoms with van der Waals surface area (Å²) in [7, 11) is -3.49. The van der Waals surface area contributed by atoms with E-state index in [1.165, 1.54) is 6.20 Å². The average Bonchev–Trinajstić information content (AvgIpc) is 2.42. The number of hydrogen-bond donors (Lipinski definition) is 1. The molecule has 0 radical (unpaired) electrons. The maximum atomic E-state index is 12.9. The van der Waals surface area contributed by atoms with E-state index in [0.717, 1.165) is 12.8 Å². The van der Waals surface area contributed by atoms with Crippen molar-refractivity contribution in [2.75, 3.05) is 18.4 Å². The first-order chi connectivity index (χ1) is 9.46. The number of hydrogen-bond acceptors (Lipinski definition) is 4. The predicted molar refractivity (Wildman–Crippen MR) is 80.2 cm³/mol. The fourth-order valence-corrected chi connectivity index (χ4v) is 4.53. The molecule has 0 spiro atoms. The maximum Gasteiger partial charge on any atom is 0.246 e. The molecule has 0 saturated carbocycles. The molecule has 1 saturated heterocycles. The van der Waals surface area contributed by atoms with Crippen molar-refractivity contribution in [2.24, 2.45) is 5.92 Å². The molecule has 1 aromatic rings. The standard InChI is InChI=1S/C14H23N3O2S/c1-4-16-13-7-8-15-9-14(13)20(18,19)17-10-11(2)5-6-12(17)3/h7-9,11-12H,4-6,10H2,1-3H3,(H,15,16). The van der Waals surface area contributed by atoms with Crippen molar-refractivity contribution in [3.63, 3.8) is 0 Å². The van der Waals surface area contributed by atoms with E-state index in [-0.39, 0.29) is 10.9 Å². The average molecular weight is 297 g/mol. The Kier molecular flexibility index (Phi) is 4.65. The minimum Gasteiger partial charge on any atom is -0.384 e. The highest BCUT2D eigenvalue weighted by Gasteiger charge is 2.34. The highest BCUT2D eigenvalue weighted by molar-refractivity contribution is 7.89. The third-order valence-electron chi connectivity index (χ3n) is 3.80. The number of nitrogens with zero attached hydrogens (tertiary/aromatic N) is 2. The molecule has 1 N–H and O–H groups in total. The lowest BCUT2D eigenvalue weighted by molar-refractivity contribution is 0.218. The first kappa shape index (κ1) is 15.3. The van der Waals surface area contributed by atoms with Crippen molar-refractivity contribution < 1.29 is 8.42 Å². The summed E-state index contributed by atoms with van der Waals surface area (Å²) in [5.41, 5.74) is 0.632. The lowest BCUT2D eigenvalue weighted by Crippen LogP contribution is -2.45. The fourth-order valence-electron chi connectivity index (χ4n) is 2.63. The van der Waals surface area contributed by atoms with Gasteiger partial charge in [-0.3, -0.25) is 4.98 Å². The topological polar surface area (TPSA) is 62.3 Å². The molecule has 2 rings (SSSR count). The van der Waals surface area contributed by atoms with Crippen LogP contribution in [0.3, 0.4) is 0 Å². The van der Waals surface area contributed by atoms with Gasteiger partial charge in [-0.15, -0.1) is 0 Å². The number of nitrogens with one attached hydrogen (secondary N) is 1. The molecule has 2 heterocycles. The van der Waals surface area contributed by atoms with Crippen LogP contribution >= 0.6 is 0 Å². The van der Waals surface area contributed by atoms with E-state index in [9.17, 15) is 8.42 Å². The predicted octanol–water partition coefficient (Wildman–Crippen LogP) is 2.32. The van der Waals surface area contributed by atoms with Crippen LogP contribution in [0.1, 0.15) is 33.6 Å². The second-order valence-electron chi connectivity index (χ2n) is 5.51. The van der Waals surface area contributed by atoms with E-state index in [0.29, 0.717) is 24.7 Å². The van der Waals surface area contributed by atoms with Crippen molar-refractivity contribution in [1.29, 1.82) is 0 Å². The molecule has 1 aliphatic heterocycles. The lowest BCUT2D eigenvalue weighted by atomic mass is 9.97. The minimum atomic E-state index is -3.49. The summed E-state index contributed by atoms with van der Waals surface area (Å²) in [6, 6.07) is 1.76. The zero-order valence-electron chi connectivity index (χ0n) is 12.3.